The van der Waals surface area contributed by atoms with Crippen LogP contribution in [0.5, 0.6) is 0 Å². The van der Waals surface area contributed by atoms with Crippen molar-refractivity contribution in [2.24, 2.45) is 13.0 Å². The third-order valence-corrected chi connectivity index (χ3v) is 5.40. The van der Waals surface area contributed by atoms with Crippen molar-refractivity contribution in [2.75, 3.05) is 19.7 Å². The molecule has 3 rings (SSSR count). The Morgan fingerprint density at radius 1 is 1.31 bits per heavy atom. The molecule has 0 spiro atoms. The van der Waals surface area contributed by atoms with Crippen molar-refractivity contribution in [2.45, 2.75) is 58.0 Å². The fourth-order valence-electron chi connectivity index (χ4n) is 3.95. The van der Waals surface area contributed by atoms with Gasteiger partial charge in [0, 0.05) is 32.5 Å². The molecule has 2 aliphatic rings. The molecule has 0 bridgehead atoms. The van der Waals surface area contributed by atoms with Crippen LogP contribution in [0.25, 0.3) is 0 Å². The maximum Gasteiger partial charge on any atom is 0.310 e. The van der Waals surface area contributed by atoms with Gasteiger partial charge in [0.1, 0.15) is 11.6 Å². The lowest BCUT2D eigenvalue weighted by molar-refractivity contribution is -0.150. The Bertz CT molecular complexity index is 653. The average molecular weight is 363 g/mol. The Morgan fingerprint density at radius 3 is 2.77 bits per heavy atom. The first-order valence-corrected chi connectivity index (χ1v) is 9.52. The molecular formula is C18H29N5O3. The van der Waals surface area contributed by atoms with Gasteiger partial charge in [-0.3, -0.25) is 14.5 Å². The molecule has 144 valence electrons. The van der Waals surface area contributed by atoms with E-state index in [1.54, 1.807) is 6.92 Å². The molecule has 1 aromatic heterocycles. The first-order chi connectivity index (χ1) is 12.5. The lowest BCUT2D eigenvalue weighted by atomic mass is 9.79. The topological polar surface area (TPSA) is 89.3 Å². The number of nitrogens with zero attached hydrogens (tertiary/aromatic N) is 4. The Morgan fingerprint density at radius 2 is 2.08 bits per heavy atom. The molecule has 26 heavy (non-hydrogen) atoms. The van der Waals surface area contributed by atoms with E-state index in [0.29, 0.717) is 19.1 Å². The summed E-state index contributed by atoms with van der Waals surface area (Å²) in [6, 6.07) is 0.255. The summed E-state index contributed by atoms with van der Waals surface area (Å²) in [6.45, 7) is 6.21. The molecule has 1 aliphatic carbocycles. The van der Waals surface area contributed by atoms with Gasteiger partial charge >= 0.3 is 5.97 Å². The van der Waals surface area contributed by atoms with E-state index in [4.69, 9.17) is 4.74 Å². The number of hydrogen-bond donors (Lipinski definition) is 1. The van der Waals surface area contributed by atoms with Crippen molar-refractivity contribution in [3.05, 3.63) is 11.6 Å². The van der Waals surface area contributed by atoms with E-state index in [1.165, 1.54) is 0 Å². The number of rotatable bonds is 6. The lowest BCUT2D eigenvalue weighted by Crippen LogP contribution is -2.43. The highest BCUT2D eigenvalue weighted by molar-refractivity contribution is 5.73. The summed E-state index contributed by atoms with van der Waals surface area (Å²) in [5, 5.41) is 11.7. The maximum atomic E-state index is 12.0. The number of ether oxygens (including phenoxy) is 1. The average Bonchev–Trinajstić information content (AvgIpc) is 2.91. The van der Waals surface area contributed by atoms with Crippen LogP contribution in [0.3, 0.4) is 0 Å². The zero-order valence-electron chi connectivity index (χ0n) is 15.9. The lowest BCUT2D eigenvalue weighted by Gasteiger charge is -2.35. The standard InChI is InChI=1S/C18H29N5O3/c1-4-26-18(25)13-6-5-7-23(10-13)11-16-20-21-17(22(16)3)14-8-15(9-14)19-12(2)24/h13-15H,4-11H2,1-3H3,(H,19,24)/t13-,14?,15?/m0/s1. The molecular weight excluding hydrogens is 334 g/mol. The minimum absolute atomic E-state index is 0.0216. The van der Waals surface area contributed by atoms with Crippen molar-refractivity contribution in [1.82, 2.24) is 25.0 Å². The van der Waals surface area contributed by atoms with E-state index in [2.05, 4.69) is 25.0 Å². The van der Waals surface area contributed by atoms with Crippen molar-refractivity contribution in [1.29, 1.82) is 0 Å². The van der Waals surface area contributed by atoms with Gasteiger partial charge in [-0.25, -0.2) is 0 Å². The predicted octanol–water partition coefficient (Wildman–Crippen LogP) is 0.972. The van der Waals surface area contributed by atoms with Gasteiger partial charge in [0.2, 0.25) is 5.91 Å². The molecule has 2 fully saturated rings. The molecule has 1 N–H and O–H groups in total. The number of likely N-dealkylation sites (tertiary alicyclic amines) is 1. The number of nitrogens with one attached hydrogen (secondary N) is 1. The second-order valence-corrected chi connectivity index (χ2v) is 7.43. The van der Waals surface area contributed by atoms with Crippen molar-refractivity contribution < 1.29 is 14.3 Å². The van der Waals surface area contributed by atoms with E-state index >= 15 is 0 Å². The van der Waals surface area contributed by atoms with Crippen molar-refractivity contribution >= 4 is 11.9 Å². The second-order valence-electron chi connectivity index (χ2n) is 7.43. The zero-order valence-corrected chi connectivity index (χ0v) is 15.9. The molecule has 8 nitrogen and oxygen atoms in total. The molecule has 1 aromatic rings. The molecule has 1 saturated carbocycles. The van der Waals surface area contributed by atoms with Gasteiger partial charge in [-0.2, -0.15) is 0 Å². The van der Waals surface area contributed by atoms with Crippen molar-refractivity contribution in [3.8, 4) is 0 Å². The van der Waals surface area contributed by atoms with Gasteiger partial charge in [0.05, 0.1) is 19.1 Å². The Hall–Kier alpha value is -1.96. The van der Waals surface area contributed by atoms with Crippen LogP contribution in [0.2, 0.25) is 0 Å². The minimum atomic E-state index is -0.0886. The van der Waals surface area contributed by atoms with Crippen LogP contribution < -0.4 is 5.32 Å². The Kier molecular flexibility index (Phi) is 5.90. The normalized spacial score (nSPS) is 26.2. The van der Waals surface area contributed by atoms with Crippen LogP contribution in [0.1, 0.15) is 57.1 Å². The van der Waals surface area contributed by atoms with Gasteiger partial charge in [0.15, 0.2) is 0 Å². The number of piperidine rings is 1. The number of carbonyl (C=O) groups excluding carboxylic acids is 2. The fourth-order valence-corrected chi connectivity index (χ4v) is 3.95. The molecule has 0 radical (unpaired) electrons. The number of carbonyl (C=O) groups is 2. The monoisotopic (exact) mass is 363 g/mol. The SMILES string of the molecule is CCOC(=O)[C@H]1CCCN(Cc2nnc(C3CC(NC(C)=O)C3)n2C)C1. The number of esters is 1. The highest BCUT2D eigenvalue weighted by Gasteiger charge is 2.35. The van der Waals surface area contributed by atoms with Crippen LogP contribution in [-0.2, 0) is 27.9 Å². The summed E-state index contributed by atoms with van der Waals surface area (Å²) in [5.74, 6) is 2.16. The van der Waals surface area contributed by atoms with Gasteiger partial charge in [0.25, 0.3) is 0 Å². The molecule has 1 saturated heterocycles. The number of aromatic nitrogens is 3. The largest absolute Gasteiger partial charge is 0.466 e. The minimum Gasteiger partial charge on any atom is -0.466 e. The molecule has 2 heterocycles. The summed E-state index contributed by atoms with van der Waals surface area (Å²) in [5.41, 5.74) is 0. The third kappa shape index (κ3) is 4.23. The summed E-state index contributed by atoms with van der Waals surface area (Å²) in [4.78, 5) is 25.4. The smallest absolute Gasteiger partial charge is 0.310 e. The van der Waals surface area contributed by atoms with Crippen LogP contribution >= 0.6 is 0 Å². The molecule has 8 heteroatoms. The van der Waals surface area contributed by atoms with Gasteiger partial charge in [-0.1, -0.05) is 0 Å². The zero-order chi connectivity index (χ0) is 18.7. The summed E-state index contributed by atoms with van der Waals surface area (Å²) < 4.78 is 7.24. The highest BCUT2D eigenvalue weighted by atomic mass is 16.5. The van der Waals surface area contributed by atoms with Gasteiger partial charge in [-0.15, -0.1) is 10.2 Å². The summed E-state index contributed by atoms with van der Waals surface area (Å²) in [7, 11) is 2.00. The quantitative estimate of drug-likeness (QED) is 0.758. The fraction of sp³-hybridized carbons (Fsp3) is 0.778. The van der Waals surface area contributed by atoms with Crippen LogP contribution in [0.15, 0.2) is 0 Å². The Balaban J connectivity index is 1.55. The first kappa shape index (κ1) is 18.8. The highest BCUT2D eigenvalue weighted by Crippen LogP contribution is 2.36. The van der Waals surface area contributed by atoms with Gasteiger partial charge in [-0.05, 0) is 39.2 Å². The van der Waals surface area contributed by atoms with Crippen molar-refractivity contribution in [3.63, 3.8) is 0 Å². The number of hydrogen-bond acceptors (Lipinski definition) is 6. The molecule has 0 unspecified atom stereocenters. The van der Waals surface area contributed by atoms with E-state index in [0.717, 1.165) is 50.4 Å². The molecule has 1 aliphatic heterocycles. The summed E-state index contributed by atoms with van der Waals surface area (Å²) >= 11 is 0. The van der Waals surface area contributed by atoms with E-state index in [9.17, 15) is 9.59 Å². The first-order valence-electron chi connectivity index (χ1n) is 9.52. The van der Waals surface area contributed by atoms with Gasteiger partial charge < -0.3 is 14.6 Å². The van der Waals surface area contributed by atoms with Crippen LogP contribution in [0, 0.1) is 5.92 Å². The third-order valence-electron chi connectivity index (χ3n) is 5.40. The van der Waals surface area contributed by atoms with E-state index in [1.807, 2.05) is 14.0 Å². The molecule has 1 atom stereocenters. The number of amides is 1. The second kappa shape index (κ2) is 8.16. The molecule has 1 amide bonds. The predicted molar refractivity (Wildman–Crippen MR) is 95.2 cm³/mol. The van der Waals surface area contributed by atoms with E-state index < -0.39 is 0 Å². The summed E-state index contributed by atoms with van der Waals surface area (Å²) in [6.07, 6.45) is 3.72. The van der Waals surface area contributed by atoms with Crippen LogP contribution in [-0.4, -0.2) is 57.3 Å². The maximum absolute atomic E-state index is 12.0. The molecule has 0 aromatic carbocycles. The Labute approximate surface area is 154 Å². The van der Waals surface area contributed by atoms with E-state index in [-0.39, 0.29) is 23.8 Å². The van der Waals surface area contributed by atoms with Crippen LogP contribution in [0.4, 0.5) is 0 Å².